The van der Waals surface area contributed by atoms with Crippen molar-refractivity contribution in [3.63, 3.8) is 0 Å². The molecule has 0 unspecified atom stereocenters. The van der Waals surface area contributed by atoms with Crippen molar-refractivity contribution in [3.8, 4) is 5.75 Å². The number of nitrogens with zero attached hydrogens (tertiary/aromatic N) is 1. The highest BCUT2D eigenvalue weighted by molar-refractivity contribution is 7.92. The summed E-state index contributed by atoms with van der Waals surface area (Å²) in [5.74, 6) is -0.628. The molecule has 3 aromatic rings. The van der Waals surface area contributed by atoms with E-state index in [0.717, 1.165) is 9.87 Å². The number of halogens is 1. The first-order chi connectivity index (χ1) is 17.0. The monoisotopic (exact) mass is 529 g/mol. The number of carbonyl (C=O) groups is 2. The molecule has 8 nitrogen and oxygen atoms in total. The second-order valence-corrected chi connectivity index (χ2v) is 10.6. The van der Waals surface area contributed by atoms with Gasteiger partial charge < -0.3 is 15.4 Å². The van der Waals surface area contributed by atoms with Crippen LogP contribution in [0.2, 0.25) is 5.02 Å². The molecule has 0 radical (unpaired) electrons. The first-order valence-corrected chi connectivity index (χ1v) is 13.0. The third kappa shape index (κ3) is 6.35. The van der Waals surface area contributed by atoms with Crippen molar-refractivity contribution in [1.82, 2.24) is 5.32 Å². The minimum absolute atomic E-state index is 0.0181. The van der Waals surface area contributed by atoms with E-state index < -0.39 is 22.5 Å². The molecule has 0 atom stereocenters. The summed E-state index contributed by atoms with van der Waals surface area (Å²) in [5, 5.41) is 5.64. The van der Waals surface area contributed by atoms with Gasteiger partial charge in [-0.2, -0.15) is 0 Å². The highest BCUT2D eigenvalue weighted by atomic mass is 35.5. The molecule has 0 heterocycles. The van der Waals surface area contributed by atoms with Crippen molar-refractivity contribution in [2.75, 3.05) is 23.3 Å². The Balaban J connectivity index is 1.97. The molecule has 0 saturated carbocycles. The Bertz CT molecular complexity index is 1360. The van der Waals surface area contributed by atoms with Crippen molar-refractivity contribution < 1.29 is 22.7 Å². The van der Waals surface area contributed by atoms with Gasteiger partial charge in [0, 0.05) is 6.04 Å². The summed E-state index contributed by atoms with van der Waals surface area (Å²) in [7, 11) is -2.70. The maximum Gasteiger partial charge on any atom is 0.264 e. The lowest BCUT2D eigenvalue weighted by Crippen LogP contribution is -2.38. The molecule has 0 saturated heterocycles. The summed E-state index contributed by atoms with van der Waals surface area (Å²) in [5.41, 5.74) is 1.60. The van der Waals surface area contributed by atoms with Gasteiger partial charge in [-0.05, 0) is 63.2 Å². The Morgan fingerprint density at radius 2 is 1.69 bits per heavy atom. The molecule has 3 rings (SSSR count). The maximum atomic E-state index is 13.6. The summed E-state index contributed by atoms with van der Waals surface area (Å²) in [6.45, 7) is 4.94. The second-order valence-electron chi connectivity index (χ2n) is 8.37. The number of nitrogens with one attached hydrogen (secondary N) is 2. The molecular weight excluding hydrogens is 502 g/mol. The van der Waals surface area contributed by atoms with Gasteiger partial charge in [-0.1, -0.05) is 41.4 Å². The number of carbonyl (C=O) groups excluding carboxylic acids is 2. The van der Waals surface area contributed by atoms with Crippen LogP contribution in [0.5, 0.6) is 5.75 Å². The van der Waals surface area contributed by atoms with Gasteiger partial charge in [0.05, 0.1) is 34.0 Å². The van der Waals surface area contributed by atoms with E-state index in [1.54, 1.807) is 36.4 Å². The normalized spacial score (nSPS) is 11.2. The predicted molar refractivity (Wildman–Crippen MR) is 141 cm³/mol. The molecule has 190 valence electrons. The van der Waals surface area contributed by atoms with Crippen molar-refractivity contribution in [2.24, 2.45) is 0 Å². The molecule has 2 amide bonds. The predicted octanol–water partition coefficient (Wildman–Crippen LogP) is 4.63. The van der Waals surface area contributed by atoms with E-state index in [2.05, 4.69) is 10.6 Å². The Morgan fingerprint density at radius 3 is 2.31 bits per heavy atom. The Hall–Kier alpha value is -3.56. The summed E-state index contributed by atoms with van der Waals surface area (Å²) in [6.07, 6.45) is 0. The van der Waals surface area contributed by atoms with Crippen LogP contribution in [0.3, 0.4) is 0 Å². The molecule has 3 aromatic carbocycles. The van der Waals surface area contributed by atoms with Gasteiger partial charge in [-0.3, -0.25) is 13.9 Å². The first kappa shape index (κ1) is 27.0. The molecule has 0 aliphatic heterocycles. The number of amides is 2. The van der Waals surface area contributed by atoms with Gasteiger partial charge in [0.15, 0.2) is 0 Å². The van der Waals surface area contributed by atoms with Gasteiger partial charge in [-0.15, -0.1) is 0 Å². The van der Waals surface area contributed by atoms with Crippen LogP contribution in [0.1, 0.15) is 29.8 Å². The Morgan fingerprint density at radius 1 is 1.03 bits per heavy atom. The standard InChI is InChI=1S/C26H28ClN3O5S/c1-17(2)28-26(32)21-7-5-6-8-23(21)29-25(31)16-30(19-11-14-24(35-4)22(27)15-19)36(33,34)20-12-9-18(3)10-13-20/h5-15,17H,16H2,1-4H3,(H,28,32)(H,29,31). The third-order valence-corrected chi connectivity index (χ3v) is 7.27. The van der Waals surface area contributed by atoms with E-state index in [1.807, 2.05) is 20.8 Å². The quantitative estimate of drug-likeness (QED) is 0.420. The Labute approximate surface area is 216 Å². The fourth-order valence-electron chi connectivity index (χ4n) is 3.41. The number of rotatable bonds is 9. The molecule has 0 aliphatic carbocycles. The summed E-state index contributed by atoms with van der Waals surface area (Å²) < 4.78 is 33.3. The number of methoxy groups -OCH3 is 1. The van der Waals surface area contributed by atoms with E-state index in [9.17, 15) is 18.0 Å². The van der Waals surface area contributed by atoms with Crippen molar-refractivity contribution in [2.45, 2.75) is 31.7 Å². The molecule has 0 fully saturated rings. The number of hydrogen-bond acceptors (Lipinski definition) is 5. The maximum absolute atomic E-state index is 13.6. The fraction of sp³-hybridized carbons (Fsp3) is 0.231. The highest BCUT2D eigenvalue weighted by Crippen LogP contribution is 2.32. The molecule has 0 spiro atoms. The van der Waals surface area contributed by atoms with Gasteiger partial charge in [-0.25, -0.2) is 8.42 Å². The van der Waals surface area contributed by atoms with Crippen LogP contribution in [0.25, 0.3) is 0 Å². The topological polar surface area (TPSA) is 105 Å². The third-order valence-electron chi connectivity index (χ3n) is 5.19. The van der Waals surface area contributed by atoms with Crippen LogP contribution in [-0.4, -0.2) is 39.9 Å². The lowest BCUT2D eigenvalue weighted by Gasteiger charge is -2.25. The molecule has 0 aromatic heterocycles. The average Bonchev–Trinajstić information content (AvgIpc) is 2.82. The van der Waals surface area contributed by atoms with E-state index >= 15 is 0 Å². The molecule has 36 heavy (non-hydrogen) atoms. The van der Waals surface area contributed by atoms with Crippen LogP contribution in [0, 0.1) is 6.92 Å². The molecule has 0 bridgehead atoms. The van der Waals surface area contributed by atoms with Crippen LogP contribution in [-0.2, 0) is 14.8 Å². The van der Waals surface area contributed by atoms with E-state index in [4.69, 9.17) is 16.3 Å². The summed E-state index contributed by atoms with van der Waals surface area (Å²) >= 11 is 6.26. The second kappa shape index (κ2) is 11.5. The van der Waals surface area contributed by atoms with Gasteiger partial charge >= 0.3 is 0 Å². The van der Waals surface area contributed by atoms with E-state index in [1.165, 1.54) is 37.4 Å². The van der Waals surface area contributed by atoms with Crippen LogP contribution < -0.4 is 19.7 Å². The SMILES string of the molecule is COc1ccc(N(CC(=O)Nc2ccccc2C(=O)NC(C)C)S(=O)(=O)c2ccc(C)cc2)cc1Cl. The lowest BCUT2D eigenvalue weighted by atomic mass is 10.1. The number of aryl methyl sites for hydroxylation is 1. The zero-order valence-corrected chi connectivity index (χ0v) is 22.0. The van der Waals surface area contributed by atoms with Crippen molar-refractivity contribution >= 4 is 44.8 Å². The Kier molecular flexibility index (Phi) is 8.60. The number of sulfonamides is 1. The number of hydrogen-bond donors (Lipinski definition) is 2. The highest BCUT2D eigenvalue weighted by Gasteiger charge is 2.28. The largest absolute Gasteiger partial charge is 0.495 e. The summed E-state index contributed by atoms with van der Waals surface area (Å²) in [4.78, 5) is 25.7. The number of anilines is 2. The zero-order chi connectivity index (χ0) is 26.5. The van der Waals surface area contributed by atoms with Gasteiger partial charge in [0.2, 0.25) is 5.91 Å². The number of ether oxygens (including phenoxy) is 1. The van der Waals surface area contributed by atoms with Crippen LogP contribution in [0.15, 0.2) is 71.6 Å². The van der Waals surface area contributed by atoms with Crippen LogP contribution >= 0.6 is 11.6 Å². The van der Waals surface area contributed by atoms with E-state index in [0.29, 0.717) is 5.75 Å². The van der Waals surface area contributed by atoms with Crippen molar-refractivity contribution in [1.29, 1.82) is 0 Å². The first-order valence-electron chi connectivity index (χ1n) is 11.2. The minimum Gasteiger partial charge on any atom is -0.495 e. The zero-order valence-electron chi connectivity index (χ0n) is 20.4. The van der Waals surface area contributed by atoms with E-state index in [-0.39, 0.29) is 38.8 Å². The summed E-state index contributed by atoms with van der Waals surface area (Å²) in [6, 6.07) is 17.2. The van der Waals surface area contributed by atoms with Crippen molar-refractivity contribution in [3.05, 3.63) is 82.9 Å². The molecule has 2 N–H and O–H groups in total. The van der Waals surface area contributed by atoms with Gasteiger partial charge in [0.25, 0.3) is 15.9 Å². The van der Waals surface area contributed by atoms with Crippen LogP contribution in [0.4, 0.5) is 11.4 Å². The average molecular weight is 530 g/mol. The fourth-order valence-corrected chi connectivity index (χ4v) is 5.08. The van der Waals surface area contributed by atoms with Gasteiger partial charge in [0.1, 0.15) is 12.3 Å². The number of para-hydroxylation sites is 1. The minimum atomic E-state index is -4.14. The smallest absolute Gasteiger partial charge is 0.264 e. The number of benzene rings is 3. The molecule has 0 aliphatic rings. The lowest BCUT2D eigenvalue weighted by molar-refractivity contribution is -0.114. The molecular formula is C26H28ClN3O5S. The molecule has 10 heteroatoms.